The van der Waals surface area contributed by atoms with Gasteiger partial charge in [0.1, 0.15) is 0 Å². The molecule has 18 heavy (non-hydrogen) atoms. The van der Waals surface area contributed by atoms with Gasteiger partial charge in [0.05, 0.1) is 11.5 Å². The van der Waals surface area contributed by atoms with Crippen LogP contribution in [0.3, 0.4) is 0 Å². The molecule has 0 aromatic heterocycles. The largest absolute Gasteiger partial charge is 0.459 e. The monoisotopic (exact) mass is 272 g/mol. The van der Waals surface area contributed by atoms with Crippen molar-refractivity contribution in [2.75, 3.05) is 11.9 Å². The summed E-state index contributed by atoms with van der Waals surface area (Å²) >= 11 is 0. The number of nitrogens with one attached hydrogen (secondary N) is 1. The molecule has 0 saturated heterocycles. The Kier molecular flexibility index (Phi) is 4.40. The normalized spacial score (nSPS) is 10.8. The highest BCUT2D eigenvalue weighted by Crippen LogP contribution is 2.13. The standard InChI is InChI=1S/C10H12N2O5S/c1-2-17-10(14)9(13)12-7-4-3-5-8(6-7)18(11,15)16/h3-6H,2H2,1H3,(H,12,13)(H2,11,15,16). The zero-order chi connectivity index (χ0) is 13.8. The van der Waals surface area contributed by atoms with Crippen molar-refractivity contribution in [2.45, 2.75) is 11.8 Å². The number of anilines is 1. The lowest BCUT2D eigenvalue weighted by molar-refractivity contribution is -0.152. The highest BCUT2D eigenvalue weighted by Gasteiger charge is 2.15. The molecular formula is C10H12N2O5S. The zero-order valence-electron chi connectivity index (χ0n) is 9.54. The van der Waals surface area contributed by atoms with Crippen LogP contribution in [0.15, 0.2) is 29.2 Å². The van der Waals surface area contributed by atoms with E-state index in [0.717, 1.165) is 6.07 Å². The summed E-state index contributed by atoms with van der Waals surface area (Å²) in [5.74, 6) is -2.03. The van der Waals surface area contributed by atoms with Crippen LogP contribution in [0.5, 0.6) is 0 Å². The third kappa shape index (κ3) is 3.82. The number of nitrogens with two attached hydrogens (primary N) is 1. The fraction of sp³-hybridized carbons (Fsp3) is 0.200. The van der Waals surface area contributed by atoms with Crippen molar-refractivity contribution < 1.29 is 22.7 Å². The van der Waals surface area contributed by atoms with Crippen LogP contribution >= 0.6 is 0 Å². The van der Waals surface area contributed by atoms with Gasteiger partial charge in [-0.05, 0) is 25.1 Å². The van der Waals surface area contributed by atoms with E-state index in [1.807, 2.05) is 0 Å². The zero-order valence-corrected chi connectivity index (χ0v) is 10.4. The number of ether oxygens (including phenoxy) is 1. The van der Waals surface area contributed by atoms with Gasteiger partial charge in [-0.2, -0.15) is 0 Å². The number of hydrogen-bond donors (Lipinski definition) is 2. The fourth-order valence-electron chi connectivity index (χ4n) is 1.13. The lowest BCUT2D eigenvalue weighted by Crippen LogP contribution is -2.25. The first kappa shape index (κ1) is 14.1. The molecule has 0 aliphatic carbocycles. The minimum atomic E-state index is -3.86. The summed E-state index contributed by atoms with van der Waals surface area (Å²) in [6.45, 7) is 1.64. The maximum Gasteiger partial charge on any atom is 0.397 e. The van der Waals surface area contributed by atoms with E-state index in [1.54, 1.807) is 6.92 Å². The molecule has 0 aliphatic rings. The van der Waals surface area contributed by atoms with Gasteiger partial charge >= 0.3 is 11.9 Å². The maximum absolute atomic E-state index is 11.3. The summed E-state index contributed by atoms with van der Waals surface area (Å²) in [5, 5.41) is 7.14. The van der Waals surface area contributed by atoms with E-state index in [9.17, 15) is 18.0 Å². The first-order chi connectivity index (χ1) is 8.34. The average Bonchev–Trinajstić information content (AvgIpc) is 2.28. The van der Waals surface area contributed by atoms with Crippen molar-refractivity contribution in [1.29, 1.82) is 0 Å². The number of sulfonamides is 1. The molecule has 1 aromatic carbocycles. The van der Waals surface area contributed by atoms with Crippen LogP contribution in [-0.2, 0) is 24.3 Å². The molecule has 0 aliphatic heterocycles. The summed E-state index contributed by atoms with van der Waals surface area (Å²) in [7, 11) is -3.86. The average molecular weight is 272 g/mol. The van der Waals surface area contributed by atoms with E-state index in [4.69, 9.17) is 5.14 Å². The number of hydrogen-bond acceptors (Lipinski definition) is 5. The minimum Gasteiger partial charge on any atom is -0.459 e. The van der Waals surface area contributed by atoms with Crippen molar-refractivity contribution in [3.63, 3.8) is 0 Å². The molecular weight excluding hydrogens is 260 g/mol. The smallest absolute Gasteiger partial charge is 0.397 e. The number of primary sulfonamides is 1. The van der Waals surface area contributed by atoms with E-state index in [2.05, 4.69) is 10.1 Å². The summed E-state index contributed by atoms with van der Waals surface area (Å²) in [5.41, 5.74) is 0.138. The second-order valence-corrected chi connectivity index (χ2v) is 4.81. The van der Waals surface area contributed by atoms with Gasteiger partial charge in [-0.3, -0.25) is 4.79 Å². The maximum atomic E-state index is 11.3. The Morgan fingerprint density at radius 3 is 2.61 bits per heavy atom. The van der Waals surface area contributed by atoms with E-state index in [1.165, 1.54) is 18.2 Å². The van der Waals surface area contributed by atoms with E-state index < -0.39 is 21.9 Å². The second kappa shape index (κ2) is 5.61. The lowest BCUT2D eigenvalue weighted by Gasteiger charge is -2.05. The predicted molar refractivity (Wildman–Crippen MR) is 63.1 cm³/mol. The Hall–Kier alpha value is -1.93. The molecule has 98 valence electrons. The van der Waals surface area contributed by atoms with E-state index in [-0.39, 0.29) is 17.2 Å². The van der Waals surface area contributed by atoms with Gasteiger partial charge in [-0.25, -0.2) is 18.4 Å². The molecule has 0 saturated carbocycles. The highest BCUT2D eigenvalue weighted by molar-refractivity contribution is 7.89. The fourth-order valence-corrected chi connectivity index (χ4v) is 1.69. The van der Waals surface area contributed by atoms with Gasteiger partial charge in [0.15, 0.2) is 0 Å². The molecule has 0 bridgehead atoms. The Morgan fingerprint density at radius 1 is 1.39 bits per heavy atom. The first-order valence-electron chi connectivity index (χ1n) is 4.95. The number of amides is 1. The molecule has 0 fully saturated rings. The van der Waals surface area contributed by atoms with Crippen molar-refractivity contribution in [1.82, 2.24) is 0 Å². The van der Waals surface area contributed by atoms with Gasteiger partial charge in [0, 0.05) is 5.69 Å². The number of carbonyl (C=O) groups is 2. The van der Waals surface area contributed by atoms with Crippen LogP contribution in [0.2, 0.25) is 0 Å². The molecule has 1 amide bonds. The molecule has 1 aromatic rings. The van der Waals surface area contributed by atoms with Crippen molar-refractivity contribution in [2.24, 2.45) is 5.14 Å². The molecule has 0 spiro atoms. The molecule has 0 atom stereocenters. The summed E-state index contributed by atoms with van der Waals surface area (Å²) in [6, 6.07) is 5.23. The molecule has 1 rings (SSSR count). The van der Waals surface area contributed by atoms with Crippen LogP contribution in [-0.4, -0.2) is 26.9 Å². The van der Waals surface area contributed by atoms with Crippen LogP contribution in [0.25, 0.3) is 0 Å². The Morgan fingerprint density at radius 2 is 2.06 bits per heavy atom. The quantitative estimate of drug-likeness (QED) is 0.585. The SMILES string of the molecule is CCOC(=O)C(=O)Nc1cccc(S(N)(=O)=O)c1. The lowest BCUT2D eigenvalue weighted by atomic mass is 10.3. The number of carbonyl (C=O) groups excluding carboxylic acids is 2. The summed E-state index contributed by atoms with van der Waals surface area (Å²) < 4.78 is 26.6. The van der Waals surface area contributed by atoms with Crippen LogP contribution < -0.4 is 10.5 Å². The third-order valence-corrected chi connectivity index (χ3v) is 2.79. The van der Waals surface area contributed by atoms with Crippen molar-refractivity contribution in [3.8, 4) is 0 Å². The van der Waals surface area contributed by atoms with Crippen LogP contribution in [0.1, 0.15) is 6.92 Å². The number of esters is 1. The molecule has 3 N–H and O–H groups in total. The van der Waals surface area contributed by atoms with Crippen molar-refractivity contribution >= 4 is 27.6 Å². The minimum absolute atomic E-state index is 0.0729. The Bertz CT molecular complexity index is 567. The molecule has 8 heteroatoms. The van der Waals surface area contributed by atoms with Gasteiger partial charge < -0.3 is 10.1 Å². The van der Waals surface area contributed by atoms with Gasteiger partial charge in [-0.15, -0.1) is 0 Å². The summed E-state index contributed by atoms with van der Waals surface area (Å²) in [6.07, 6.45) is 0. The van der Waals surface area contributed by atoms with Crippen LogP contribution in [0, 0.1) is 0 Å². The first-order valence-corrected chi connectivity index (χ1v) is 6.50. The third-order valence-electron chi connectivity index (χ3n) is 1.88. The Labute approximate surface area is 104 Å². The second-order valence-electron chi connectivity index (χ2n) is 3.25. The summed E-state index contributed by atoms with van der Waals surface area (Å²) in [4.78, 5) is 22.2. The number of benzene rings is 1. The Balaban J connectivity index is 2.87. The molecule has 0 radical (unpaired) electrons. The van der Waals surface area contributed by atoms with Crippen LogP contribution in [0.4, 0.5) is 5.69 Å². The van der Waals surface area contributed by atoms with Crippen molar-refractivity contribution in [3.05, 3.63) is 24.3 Å². The van der Waals surface area contributed by atoms with E-state index >= 15 is 0 Å². The van der Waals surface area contributed by atoms with E-state index in [0.29, 0.717) is 0 Å². The molecule has 0 heterocycles. The highest BCUT2D eigenvalue weighted by atomic mass is 32.2. The molecule has 0 unspecified atom stereocenters. The van der Waals surface area contributed by atoms with Gasteiger partial charge in [0.25, 0.3) is 0 Å². The number of rotatable bonds is 3. The topological polar surface area (TPSA) is 116 Å². The molecule has 7 nitrogen and oxygen atoms in total. The predicted octanol–water partition coefficient (Wildman–Crippen LogP) is -0.164. The van der Waals surface area contributed by atoms with Gasteiger partial charge in [0.2, 0.25) is 10.0 Å². The van der Waals surface area contributed by atoms with Gasteiger partial charge in [-0.1, -0.05) is 6.07 Å².